The number of amides is 2. The summed E-state index contributed by atoms with van der Waals surface area (Å²) in [4.78, 5) is 23.4. The molecule has 208 valence electrons. The number of benzene rings is 3. The van der Waals surface area contributed by atoms with Gasteiger partial charge in [0, 0.05) is 15.8 Å². The maximum Gasteiger partial charge on any atom is 0.289 e. The zero-order valence-electron chi connectivity index (χ0n) is 22.4. The van der Waals surface area contributed by atoms with E-state index in [1.54, 1.807) is 12.1 Å². The van der Waals surface area contributed by atoms with Gasteiger partial charge < -0.3 is 9.47 Å². The first kappa shape index (κ1) is 28.2. The van der Waals surface area contributed by atoms with E-state index in [0.29, 0.717) is 30.7 Å². The minimum absolute atomic E-state index is 0.0947. The highest BCUT2D eigenvalue weighted by Gasteiger charge is 2.50. The number of nitrogens with one attached hydrogen (secondary N) is 1. The number of carbonyl (C=O) groups is 2. The molecule has 1 N–H and O–H groups in total. The maximum atomic E-state index is 15.1. The summed E-state index contributed by atoms with van der Waals surface area (Å²) >= 11 is 2.15. The number of hydrogen-bond donors (Lipinski definition) is 1. The second-order valence-corrected chi connectivity index (χ2v) is 11.8. The number of unbranched alkanes of at least 4 members (excludes halogenated alkanes) is 1. The standard InChI is InChI=1S/C32H32FNO4S2/c1-2-9-27-28(17-16-26-23(21-39-29(26)27)15-14-22-10-4-3-5-11-22)38-19-7-6-18-37-25-13-8-12-24(20-25)32(33)30(35)34-31(36)40-32/h3-5,8,10-13,16-17,20-21H,2,6-7,9,14-15,18-19H2,1H3,(H,34,35,36). The van der Waals surface area contributed by atoms with Crippen molar-refractivity contribution in [1.82, 2.24) is 5.32 Å². The van der Waals surface area contributed by atoms with Gasteiger partial charge >= 0.3 is 0 Å². The van der Waals surface area contributed by atoms with Crippen LogP contribution >= 0.6 is 23.1 Å². The monoisotopic (exact) mass is 577 g/mol. The Labute approximate surface area is 242 Å². The van der Waals surface area contributed by atoms with E-state index in [0.717, 1.165) is 44.3 Å². The van der Waals surface area contributed by atoms with Crippen molar-refractivity contribution in [1.29, 1.82) is 0 Å². The molecule has 1 aliphatic rings. The van der Waals surface area contributed by atoms with E-state index in [2.05, 4.69) is 54.8 Å². The Kier molecular flexibility index (Phi) is 9.07. The summed E-state index contributed by atoms with van der Waals surface area (Å²) in [6.07, 6.45) is 5.64. The molecule has 0 bridgehead atoms. The lowest BCUT2D eigenvalue weighted by Gasteiger charge is -2.16. The number of alkyl halides is 1. The van der Waals surface area contributed by atoms with Crippen molar-refractivity contribution in [2.75, 3.05) is 13.2 Å². The lowest BCUT2D eigenvalue weighted by Crippen LogP contribution is -2.30. The van der Waals surface area contributed by atoms with Gasteiger partial charge in [0.25, 0.3) is 16.1 Å². The number of ether oxygens (including phenoxy) is 2. The normalized spacial score (nSPS) is 16.9. The number of imide groups is 1. The number of thioether (sulfide) groups is 1. The third-order valence-electron chi connectivity index (χ3n) is 6.92. The molecule has 1 aliphatic heterocycles. The van der Waals surface area contributed by atoms with Gasteiger partial charge in [-0.15, -0.1) is 11.3 Å². The second kappa shape index (κ2) is 12.9. The van der Waals surface area contributed by atoms with E-state index in [1.807, 2.05) is 16.7 Å². The molecule has 0 saturated carbocycles. The van der Waals surface area contributed by atoms with Crippen LogP contribution in [-0.2, 0) is 29.1 Å². The van der Waals surface area contributed by atoms with Crippen molar-refractivity contribution in [3.05, 3.63) is 94.4 Å². The molecule has 1 atom stereocenters. The van der Waals surface area contributed by atoms with E-state index >= 15 is 4.39 Å². The zero-order chi connectivity index (χ0) is 28.0. The van der Waals surface area contributed by atoms with Gasteiger partial charge in [0.05, 0.1) is 13.2 Å². The summed E-state index contributed by atoms with van der Waals surface area (Å²) in [6, 6.07) is 21.2. The molecule has 5 rings (SSSR count). The lowest BCUT2D eigenvalue weighted by atomic mass is 10.0. The first-order valence-corrected chi connectivity index (χ1v) is 15.3. The first-order valence-electron chi connectivity index (χ1n) is 13.6. The topological polar surface area (TPSA) is 64.6 Å². The van der Waals surface area contributed by atoms with Crippen molar-refractivity contribution >= 4 is 44.3 Å². The molecule has 0 aliphatic carbocycles. The lowest BCUT2D eigenvalue weighted by molar-refractivity contribution is -0.126. The molecule has 1 saturated heterocycles. The number of rotatable bonds is 13. The number of halogens is 1. The Bertz CT molecular complexity index is 1490. The van der Waals surface area contributed by atoms with E-state index in [1.165, 1.54) is 38.9 Å². The largest absolute Gasteiger partial charge is 0.494 e. The Morgan fingerprint density at radius 1 is 0.900 bits per heavy atom. The number of fused-ring (bicyclic) bond motifs is 1. The summed E-state index contributed by atoms with van der Waals surface area (Å²) in [5, 5.41) is 2.51. The molecular weight excluding hydrogens is 545 g/mol. The SMILES string of the molecule is CCCc1c(OCCCCOc2cccc(C3(F)SC(=O)NC3=O)c2)ccc2c(CCc3ccccc3)csc12. The molecule has 40 heavy (non-hydrogen) atoms. The van der Waals surface area contributed by atoms with Crippen LogP contribution in [0.25, 0.3) is 10.1 Å². The zero-order valence-corrected chi connectivity index (χ0v) is 24.0. The number of aryl methyl sites for hydroxylation is 3. The van der Waals surface area contributed by atoms with Crippen LogP contribution in [0, 0.1) is 0 Å². The Balaban J connectivity index is 1.13. The van der Waals surface area contributed by atoms with E-state index in [9.17, 15) is 9.59 Å². The summed E-state index contributed by atoms with van der Waals surface area (Å²) in [5.41, 5.74) is 4.13. The summed E-state index contributed by atoms with van der Waals surface area (Å²) in [7, 11) is 0. The van der Waals surface area contributed by atoms with E-state index in [4.69, 9.17) is 9.47 Å². The van der Waals surface area contributed by atoms with Crippen LogP contribution in [0.15, 0.2) is 72.1 Å². The minimum Gasteiger partial charge on any atom is -0.494 e. The predicted molar refractivity (Wildman–Crippen MR) is 160 cm³/mol. The molecule has 2 heterocycles. The molecule has 0 radical (unpaired) electrons. The van der Waals surface area contributed by atoms with Gasteiger partial charge in [-0.2, -0.15) is 0 Å². The van der Waals surface area contributed by atoms with Gasteiger partial charge in [0.15, 0.2) is 0 Å². The van der Waals surface area contributed by atoms with Crippen molar-refractivity contribution in [3.63, 3.8) is 0 Å². The quantitative estimate of drug-likeness (QED) is 0.163. The fourth-order valence-electron chi connectivity index (χ4n) is 4.85. The molecule has 1 unspecified atom stereocenters. The molecule has 8 heteroatoms. The van der Waals surface area contributed by atoms with E-state index in [-0.39, 0.29) is 5.56 Å². The molecule has 1 fully saturated rings. The van der Waals surface area contributed by atoms with E-state index < -0.39 is 16.1 Å². The van der Waals surface area contributed by atoms with Crippen molar-refractivity contribution < 1.29 is 23.5 Å². The molecule has 4 aromatic rings. The first-order chi connectivity index (χ1) is 19.5. The number of hydrogen-bond acceptors (Lipinski definition) is 6. The predicted octanol–water partition coefficient (Wildman–Crippen LogP) is 7.98. The number of thiophene rings is 1. The molecule has 2 amide bonds. The van der Waals surface area contributed by atoms with Crippen LogP contribution in [0.5, 0.6) is 11.5 Å². The third kappa shape index (κ3) is 6.34. The van der Waals surface area contributed by atoms with Gasteiger partial charge in [-0.25, -0.2) is 4.39 Å². The van der Waals surface area contributed by atoms with Crippen molar-refractivity contribution in [2.45, 2.75) is 50.4 Å². The van der Waals surface area contributed by atoms with Crippen LogP contribution in [0.3, 0.4) is 0 Å². The van der Waals surface area contributed by atoms with Gasteiger partial charge in [-0.3, -0.25) is 14.9 Å². The maximum absolute atomic E-state index is 15.1. The highest BCUT2D eigenvalue weighted by Crippen LogP contribution is 2.43. The third-order valence-corrected chi connectivity index (χ3v) is 9.01. The van der Waals surface area contributed by atoms with Crippen LogP contribution < -0.4 is 14.8 Å². The van der Waals surface area contributed by atoms with Crippen LogP contribution in [0.2, 0.25) is 0 Å². The van der Waals surface area contributed by atoms with Gasteiger partial charge in [0.1, 0.15) is 11.5 Å². The fourth-order valence-corrected chi connectivity index (χ4v) is 6.82. The average molecular weight is 578 g/mol. The molecule has 5 nitrogen and oxygen atoms in total. The highest BCUT2D eigenvalue weighted by molar-refractivity contribution is 8.15. The summed E-state index contributed by atoms with van der Waals surface area (Å²) < 4.78 is 28.4. The van der Waals surface area contributed by atoms with Crippen molar-refractivity contribution in [3.8, 4) is 11.5 Å². The molecule has 0 spiro atoms. The molecular formula is C32H32FNO4S2. The smallest absolute Gasteiger partial charge is 0.289 e. The van der Waals surface area contributed by atoms with Gasteiger partial charge in [0.2, 0.25) is 0 Å². The molecule has 1 aromatic heterocycles. The highest BCUT2D eigenvalue weighted by atomic mass is 32.2. The Morgan fingerprint density at radius 2 is 1.70 bits per heavy atom. The van der Waals surface area contributed by atoms with Crippen LogP contribution in [-0.4, -0.2) is 24.4 Å². The number of carbonyl (C=O) groups excluding carboxylic acids is 2. The second-order valence-electron chi connectivity index (χ2n) is 9.79. The molecule has 3 aromatic carbocycles. The summed E-state index contributed by atoms with van der Waals surface area (Å²) in [6.45, 7) is 3.20. The average Bonchev–Trinajstić information content (AvgIpc) is 3.50. The van der Waals surface area contributed by atoms with Crippen LogP contribution in [0.4, 0.5) is 9.18 Å². The van der Waals surface area contributed by atoms with Gasteiger partial charge in [-0.05, 0) is 90.0 Å². The van der Waals surface area contributed by atoms with Gasteiger partial charge in [-0.1, -0.05) is 55.8 Å². The minimum atomic E-state index is -2.42. The summed E-state index contributed by atoms with van der Waals surface area (Å²) in [5.74, 6) is 0.456. The Hall–Kier alpha value is -3.36. The van der Waals surface area contributed by atoms with Crippen molar-refractivity contribution in [2.24, 2.45) is 0 Å². The Morgan fingerprint density at radius 3 is 2.45 bits per heavy atom. The van der Waals surface area contributed by atoms with Crippen LogP contribution in [0.1, 0.15) is 48.4 Å². The fraction of sp³-hybridized carbons (Fsp3) is 0.312.